The van der Waals surface area contributed by atoms with Crippen molar-refractivity contribution in [3.63, 3.8) is 0 Å². The van der Waals surface area contributed by atoms with Crippen LogP contribution in [0.1, 0.15) is 44.2 Å². The largest absolute Gasteiger partial charge is 0.494 e. The maximum Gasteiger partial charge on any atom is 0.119 e. The van der Waals surface area contributed by atoms with Crippen molar-refractivity contribution in [2.75, 3.05) is 26.7 Å². The number of nitrogens with one attached hydrogen (secondary N) is 1. The van der Waals surface area contributed by atoms with E-state index in [1.807, 2.05) is 6.92 Å². The van der Waals surface area contributed by atoms with Gasteiger partial charge in [0.15, 0.2) is 0 Å². The molecule has 0 heterocycles. The molecule has 2 fully saturated rings. The lowest BCUT2D eigenvalue weighted by atomic mass is 10.1. The molecule has 116 valence electrons. The van der Waals surface area contributed by atoms with Crippen LogP contribution in [-0.4, -0.2) is 37.7 Å². The molecule has 0 amide bonds. The predicted molar refractivity (Wildman–Crippen MR) is 86.7 cm³/mol. The fourth-order valence-electron chi connectivity index (χ4n) is 3.01. The first kappa shape index (κ1) is 14.9. The first-order valence-corrected chi connectivity index (χ1v) is 8.44. The van der Waals surface area contributed by atoms with Crippen molar-refractivity contribution >= 4 is 0 Å². The number of hydrogen-bond acceptors (Lipinski definition) is 3. The molecule has 21 heavy (non-hydrogen) atoms. The van der Waals surface area contributed by atoms with Gasteiger partial charge < -0.3 is 10.1 Å². The zero-order chi connectivity index (χ0) is 14.7. The zero-order valence-electron chi connectivity index (χ0n) is 13.3. The van der Waals surface area contributed by atoms with Crippen molar-refractivity contribution in [3.05, 3.63) is 29.8 Å². The van der Waals surface area contributed by atoms with E-state index in [2.05, 4.69) is 41.5 Å². The molecule has 3 heteroatoms. The van der Waals surface area contributed by atoms with E-state index in [9.17, 15) is 0 Å². The van der Waals surface area contributed by atoms with Crippen molar-refractivity contribution < 1.29 is 4.74 Å². The Labute approximate surface area is 128 Å². The molecular weight excluding hydrogens is 260 g/mol. The fourth-order valence-corrected chi connectivity index (χ4v) is 3.01. The van der Waals surface area contributed by atoms with Crippen LogP contribution in [0.2, 0.25) is 0 Å². The lowest BCUT2D eigenvalue weighted by Gasteiger charge is -2.28. The maximum atomic E-state index is 5.53. The second-order valence-electron chi connectivity index (χ2n) is 6.47. The summed E-state index contributed by atoms with van der Waals surface area (Å²) in [6.07, 6.45) is 5.67. The molecule has 0 bridgehead atoms. The summed E-state index contributed by atoms with van der Waals surface area (Å²) in [4.78, 5) is 2.72. The molecule has 2 aliphatic rings. The second kappa shape index (κ2) is 6.80. The lowest BCUT2D eigenvalue weighted by molar-refractivity contribution is 0.227. The minimum absolute atomic E-state index is 0.417. The van der Waals surface area contributed by atoms with Gasteiger partial charge in [0.1, 0.15) is 5.75 Å². The lowest BCUT2D eigenvalue weighted by Crippen LogP contribution is -2.36. The van der Waals surface area contributed by atoms with Crippen LogP contribution in [0.3, 0.4) is 0 Å². The van der Waals surface area contributed by atoms with Crippen LogP contribution in [0.15, 0.2) is 24.3 Å². The number of nitrogens with zero attached hydrogens (tertiary/aromatic N) is 1. The molecule has 2 aliphatic carbocycles. The van der Waals surface area contributed by atoms with Gasteiger partial charge in [0.2, 0.25) is 0 Å². The summed E-state index contributed by atoms with van der Waals surface area (Å²) >= 11 is 0. The van der Waals surface area contributed by atoms with E-state index in [1.54, 1.807) is 0 Å². The Morgan fingerprint density at radius 3 is 2.43 bits per heavy atom. The van der Waals surface area contributed by atoms with E-state index in [-0.39, 0.29) is 0 Å². The quantitative estimate of drug-likeness (QED) is 0.755. The van der Waals surface area contributed by atoms with Crippen LogP contribution in [0, 0.1) is 5.92 Å². The third-order valence-corrected chi connectivity index (χ3v) is 4.61. The Bertz CT molecular complexity index is 437. The Morgan fingerprint density at radius 2 is 1.90 bits per heavy atom. The van der Waals surface area contributed by atoms with Gasteiger partial charge in [0.25, 0.3) is 0 Å². The number of hydrogen-bond donors (Lipinski definition) is 1. The normalized spacial score (nSPS) is 19.8. The van der Waals surface area contributed by atoms with Gasteiger partial charge >= 0.3 is 0 Å². The van der Waals surface area contributed by atoms with E-state index < -0.39 is 0 Å². The summed E-state index contributed by atoms with van der Waals surface area (Å²) < 4.78 is 5.53. The highest BCUT2D eigenvalue weighted by Gasteiger charge is 2.34. The van der Waals surface area contributed by atoms with Gasteiger partial charge in [-0.1, -0.05) is 12.1 Å². The van der Waals surface area contributed by atoms with Crippen molar-refractivity contribution in [1.82, 2.24) is 10.2 Å². The highest BCUT2D eigenvalue weighted by atomic mass is 16.5. The minimum Gasteiger partial charge on any atom is -0.494 e. The molecule has 1 unspecified atom stereocenters. The van der Waals surface area contributed by atoms with Crippen LogP contribution in [0.4, 0.5) is 0 Å². The number of benzene rings is 1. The molecule has 0 radical (unpaired) electrons. The van der Waals surface area contributed by atoms with Crippen molar-refractivity contribution in [2.45, 2.75) is 44.7 Å². The van der Waals surface area contributed by atoms with Gasteiger partial charge in [-0.25, -0.2) is 0 Å². The van der Waals surface area contributed by atoms with E-state index in [4.69, 9.17) is 4.74 Å². The summed E-state index contributed by atoms with van der Waals surface area (Å²) in [5.41, 5.74) is 1.36. The first-order chi connectivity index (χ1) is 10.3. The van der Waals surface area contributed by atoms with Gasteiger partial charge in [-0.3, -0.25) is 4.90 Å². The zero-order valence-corrected chi connectivity index (χ0v) is 13.3. The van der Waals surface area contributed by atoms with E-state index in [0.29, 0.717) is 6.04 Å². The summed E-state index contributed by atoms with van der Waals surface area (Å²) in [5.74, 6) is 1.94. The predicted octanol–water partition coefficient (Wildman–Crippen LogP) is 3.22. The van der Waals surface area contributed by atoms with Crippen molar-refractivity contribution in [1.29, 1.82) is 0 Å². The van der Waals surface area contributed by atoms with Crippen LogP contribution in [-0.2, 0) is 0 Å². The average Bonchev–Trinajstić information content (AvgIpc) is 3.38. The third-order valence-electron chi connectivity index (χ3n) is 4.61. The molecule has 1 aromatic rings. The second-order valence-corrected chi connectivity index (χ2v) is 6.47. The Kier molecular flexibility index (Phi) is 4.81. The van der Waals surface area contributed by atoms with E-state index >= 15 is 0 Å². The molecule has 0 aromatic heterocycles. The summed E-state index contributed by atoms with van der Waals surface area (Å²) in [7, 11) is 2.07. The molecule has 0 aliphatic heterocycles. The maximum absolute atomic E-state index is 5.53. The van der Waals surface area contributed by atoms with E-state index in [1.165, 1.54) is 37.8 Å². The Hall–Kier alpha value is -1.06. The summed E-state index contributed by atoms with van der Waals surface area (Å²) in [5, 5.41) is 3.49. The Morgan fingerprint density at radius 1 is 1.19 bits per heavy atom. The highest BCUT2D eigenvalue weighted by molar-refractivity contribution is 5.29. The summed E-state index contributed by atoms with van der Waals surface area (Å²) in [6, 6.07) is 9.85. The first-order valence-electron chi connectivity index (χ1n) is 8.44. The van der Waals surface area contributed by atoms with Crippen LogP contribution < -0.4 is 10.1 Å². The molecule has 1 atom stereocenters. The minimum atomic E-state index is 0.417. The Balaban J connectivity index is 1.62. The van der Waals surface area contributed by atoms with Crippen LogP contribution in [0.5, 0.6) is 5.75 Å². The van der Waals surface area contributed by atoms with Crippen LogP contribution in [0.25, 0.3) is 0 Å². The average molecular weight is 288 g/mol. The summed E-state index contributed by atoms with van der Waals surface area (Å²) in [6.45, 7) is 5.19. The molecular formula is C18H28N2O. The highest BCUT2D eigenvalue weighted by Crippen LogP contribution is 2.35. The van der Waals surface area contributed by atoms with Crippen LogP contribution >= 0.6 is 0 Å². The molecule has 0 saturated heterocycles. The monoisotopic (exact) mass is 288 g/mol. The number of rotatable bonds is 9. The molecule has 1 aromatic carbocycles. The van der Waals surface area contributed by atoms with Gasteiger partial charge in [-0.15, -0.1) is 0 Å². The molecule has 2 saturated carbocycles. The van der Waals surface area contributed by atoms with Crippen molar-refractivity contribution in [2.24, 2.45) is 5.92 Å². The third kappa shape index (κ3) is 4.21. The topological polar surface area (TPSA) is 24.5 Å². The number of ether oxygens (including phenoxy) is 1. The molecule has 1 N–H and O–H groups in total. The van der Waals surface area contributed by atoms with Gasteiger partial charge in [-0.05, 0) is 63.3 Å². The molecule has 3 nitrogen and oxygen atoms in total. The standard InChI is InChI=1S/C18H28N2O/c1-3-21-17-10-6-15(7-11-17)18(19-2)13-20(16-8-9-16)12-14-4-5-14/h6-7,10-11,14,16,18-19H,3-5,8-9,12-13H2,1-2H3. The van der Waals surface area contributed by atoms with Gasteiger partial charge in [0, 0.05) is 25.2 Å². The smallest absolute Gasteiger partial charge is 0.119 e. The fraction of sp³-hybridized carbons (Fsp3) is 0.667. The van der Waals surface area contributed by atoms with E-state index in [0.717, 1.165) is 30.9 Å². The molecule has 3 rings (SSSR count). The van der Waals surface area contributed by atoms with Crippen molar-refractivity contribution in [3.8, 4) is 5.75 Å². The molecule has 0 spiro atoms. The SMILES string of the molecule is CCOc1ccc(C(CN(CC2CC2)C2CC2)NC)cc1. The van der Waals surface area contributed by atoms with Gasteiger partial charge in [-0.2, -0.15) is 0 Å². The van der Waals surface area contributed by atoms with Gasteiger partial charge in [0.05, 0.1) is 6.61 Å². The number of likely N-dealkylation sites (N-methyl/N-ethyl adjacent to an activating group) is 1.